The molecule has 2 aliphatic heterocycles. The highest BCUT2D eigenvalue weighted by molar-refractivity contribution is 6.42. The molecule has 0 bridgehead atoms. The molecule has 2 fully saturated rings. The summed E-state index contributed by atoms with van der Waals surface area (Å²) in [7, 11) is 0. The fourth-order valence-corrected chi connectivity index (χ4v) is 4.18. The number of amides is 1. The van der Waals surface area contributed by atoms with Gasteiger partial charge in [0.1, 0.15) is 6.17 Å². The van der Waals surface area contributed by atoms with Gasteiger partial charge in [-0.05, 0) is 48.7 Å². The molecular formula is C18H15Cl3N2O. The van der Waals surface area contributed by atoms with Crippen LogP contribution in [0.5, 0.6) is 0 Å². The molecule has 2 atom stereocenters. The van der Waals surface area contributed by atoms with Crippen molar-refractivity contribution in [3.8, 4) is 0 Å². The molecule has 3 nitrogen and oxygen atoms in total. The maximum atomic E-state index is 13.0. The molecular weight excluding hydrogens is 367 g/mol. The van der Waals surface area contributed by atoms with Crippen molar-refractivity contribution in [3.05, 3.63) is 63.1 Å². The van der Waals surface area contributed by atoms with Gasteiger partial charge >= 0.3 is 0 Å². The monoisotopic (exact) mass is 380 g/mol. The van der Waals surface area contributed by atoms with Gasteiger partial charge in [0.2, 0.25) is 5.91 Å². The zero-order valence-electron chi connectivity index (χ0n) is 12.8. The van der Waals surface area contributed by atoms with Crippen LogP contribution < -0.4 is 4.90 Å². The summed E-state index contributed by atoms with van der Waals surface area (Å²) in [4.78, 5) is 17.1. The fourth-order valence-electron chi connectivity index (χ4n) is 3.69. The third-order valence-corrected chi connectivity index (χ3v) is 5.68. The number of fused-ring (bicyclic) bond motifs is 1. The zero-order chi connectivity index (χ0) is 16.8. The molecule has 4 rings (SSSR count). The normalized spacial score (nSPS) is 23.8. The lowest BCUT2D eigenvalue weighted by Crippen LogP contribution is -2.32. The molecule has 24 heavy (non-hydrogen) atoms. The Morgan fingerprint density at radius 1 is 1.00 bits per heavy atom. The van der Waals surface area contributed by atoms with Gasteiger partial charge in [-0.15, -0.1) is 0 Å². The van der Waals surface area contributed by atoms with E-state index in [0.29, 0.717) is 15.1 Å². The molecule has 6 heteroatoms. The van der Waals surface area contributed by atoms with Crippen LogP contribution in [0.25, 0.3) is 0 Å². The fraction of sp³-hybridized carbons (Fsp3) is 0.278. The lowest BCUT2D eigenvalue weighted by Gasteiger charge is -2.30. The summed E-state index contributed by atoms with van der Waals surface area (Å²) < 4.78 is 0. The Morgan fingerprint density at radius 3 is 2.58 bits per heavy atom. The lowest BCUT2D eigenvalue weighted by molar-refractivity contribution is -0.119. The number of nitrogens with zero attached hydrogens (tertiary/aromatic N) is 2. The second kappa shape index (κ2) is 6.23. The van der Waals surface area contributed by atoms with Gasteiger partial charge in [-0.1, -0.05) is 46.9 Å². The number of rotatable bonds is 2. The SMILES string of the molecule is O=C1[C@@H]2CCCN2[C@@H](c2cccc(Cl)c2)N1c1ccc(Cl)c(Cl)c1. The van der Waals surface area contributed by atoms with Crippen LogP contribution in [0.1, 0.15) is 24.6 Å². The molecule has 0 radical (unpaired) electrons. The van der Waals surface area contributed by atoms with Gasteiger partial charge in [-0.25, -0.2) is 0 Å². The molecule has 124 valence electrons. The summed E-state index contributed by atoms with van der Waals surface area (Å²) in [5.41, 5.74) is 1.76. The van der Waals surface area contributed by atoms with Gasteiger partial charge in [0, 0.05) is 17.3 Å². The molecule has 1 amide bonds. The Labute approximate surface area is 155 Å². The Morgan fingerprint density at radius 2 is 1.83 bits per heavy atom. The van der Waals surface area contributed by atoms with Crippen molar-refractivity contribution < 1.29 is 4.79 Å². The highest BCUT2D eigenvalue weighted by Crippen LogP contribution is 2.43. The van der Waals surface area contributed by atoms with Crippen molar-refractivity contribution in [1.82, 2.24) is 4.90 Å². The van der Waals surface area contributed by atoms with E-state index in [-0.39, 0.29) is 18.1 Å². The van der Waals surface area contributed by atoms with E-state index in [9.17, 15) is 4.79 Å². The first-order valence-corrected chi connectivity index (χ1v) is 8.99. The quantitative estimate of drug-likeness (QED) is 0.717. The Balaban J connectivity index is 1.83. The zero-order valence-corrected chi connectivity index (χ0v) is 15.0. The molecule has 0 N–H and O–H groups in total. The molecule has 0 aromatic heterocycles. The van der Waals surface area contributed by atoms with Crippen LogP contribution >= 0.6 is 34.8 Å². The molecule has 0 spiro atoms. The van der Waals surface area contributed by atoms with Crippen LogP contribution in [0.4, 0.5) is 5.69 Å². The van der Waals surface area contributed by atoms with E-state index in [1.807, 2.05) is 35.2 Å². The van der Waals surface area contributed by atoms with Gasteiger partial charge in [0.15, 0.2) is 0 Å². The van der Waals surface area contributed by atoms with Crippen molar-refractivity contribution in [3.63, 3.8) is 0 Å². The number of hydrogen-bond donors (Lipinski definition) is 0. The molecule has 2 aromatic carbocycles. The van der Waals surface area contributed by atoms with Gasteiger partial charge in [0.05, 0.1) is 16.1 Å². The topological polar surface area (TPSA) is 23.6 Å². The van der Waals surface area contributed by atoms with E-state index in [2.05, 4.69) is 4.90 Å². The lowest BCUT2D eigenvalue weighted by atomic mass is 10.1. The standard InChI is InChI=1S/C18H15Cl3N2O/c19-12-4-1-3-11(9-12)17-22-8-2-5-16(22)18(24)23(17)13-6-7-14(20)15(21)10-13/h1,3-4,6-7,9-10,16-17H,2,5,8H2/t16-,17+/m0/s1. The van der Waals surface area contributed by atoms with Crippen molar-refractivity contribution in [2.24, 2.45) is 0 Å². The van der Waals surface area contributed by atoms with Crippen LogP contribution in [0.2, 0.25) is 15.1 Å². The van der Waals surface area contributed by atoms with Gasteiger partial charge < -0.3 is 0 Å². The molecule has 0 saturated carbocycles. The molecule has 0 unspecified atom stereocenters. The first kappa shape index (κ1) is 16.2. The number of anilines is 1. The van der Waals surface area contributed by atoms with E-state index in [0.717, 1.165) is 30.6 Å². The molecule has 2 saturated heterocycles. The van der Waals surface area contributed by atoms with E-state index >= 15 is 0 Å². The van der Waals surface area contributed by atoms with Crippen LogP contribution in [-0.4, -0.2) is 23.4 Å². The third-order valence-electron chi connectivity index (χ3n) is 4.70. The van der Waals surface area contributed by atoms with Crippen molar-refractivity contribution in [2.45, 2.75) is 25.0 Å². The minimum absolute atomic E-state index is 0.0802. The maximum Gasteiger partial charge on any atom is 0.246 e. The van der Waals surface area contributed by atoms with Gasteiger partial charge in [-0.3, -0.25) is 14.6 Å². The maximum absolute atomic E-state index is 13.0. The average Bonchev–Trinajstić information content (AvgIpc) is 3.12. The van der Waals surface area contributed by atoms with Crippen LogP contribution in [0, 0.1) is 0 Å². The number of halogens is 3. The summed E-state index contributed by atoms with van der Waals surface area (Å²) >= 11 is 18.4. The smallest absolute Gasteiger partial charge is 0.246 e. The van der Waals surface area contributed by atoms with E-state index in [1.165, 1.54) is 0 Å². The Bertz CT molecular complexity index is 811. The van der Waals surface area contributed by atoms with Crippen molar-refractivity contribution >= 4 is 46.4 Å². The van der Waals surface area contributed by atoms with E-state index < -0.39 is 0 Å². The second-order valence-corrected chi connectivity index (χ2v) is 7.38. The van der Waals surface area contributed by atoms with Crippen LogP contribution in [0.3, 0.4) is 0 Å². The molecule has 2 heterocycles. The second-order valence-electron chi connectivity index (χ2n) is 6.13. The van der Waals surface area contributed by atoms with E-state index in [1.54, 1.807) is 12.1 Å². The van der Waals surface area contributed by atoms with Crippen molar-refractivity contribution in [2.75, 3.05) is 11.4 Å². The number of hydrogen-bond acceptors (Lipinski definition) is 2. The first-order valence-electron chi connectivity index (χ1n) is 7.85. The van der Waals surface area contributed by atoms with Gasteiger partial charge in [-0.2, -0.15) is 0 Å². The summed E-state index contributed by atoms with van der Waals surface area (Å²) in [6.07, 6.45) is 1.75. The number of benzene rings is 2. The molecule has 2 aromatic rings. The van der Waals surface area contributed by atoms with Gasteiger partial charge in [0.25, 0.3) is 0 Å². The summed E-state index contributed by atoms with van der Waals surface area (Å²) in [6, 6.07) is 12.9. The third kappa shape index (κ3) is 2.60. The Hall–Kier alpha value is -1.26. The predicted molar refractivity (Wildman–Crippen MR) is 97.9 cm³/mol. The van der Waals surface area contributed by atoms with E-state index in [4.69, 9.17) is 34.8 Å². The number of carbonyl (C=O) groups is 1. The Kier molecular flexibility index (Phi) is 4.21. The highest BCUT2D eigenvalue weighted by Gasteiger charge is 2.49. The summed E-state index contributed by atoms with van der Waals surface area (Å²) in [6.45, 7) is 0.894. The molecule has 0 aliphatic carbocycles. The van der Waals surface area contributed by atoms with Crippen molar-refractivity contribution in [1.29, 1.82) is 0 Å². The summed E-state index contributed by atoms with van der Waals surface area (Å²) in [5.74, 6) is 0.107. The minimum Gasteiger partial charge on any atom is -0.290 e. The largest absolute Gasteiger partial charge is 0.290 e. The predicted octanol–water partition coefficient (Wildman–Crippen LogP) is 5.16. The molecule has 2 aliphatic rings. The number of carbonyl (C=O) groups excluding carboxylic acids is 1. The minimum atomic E-state index is -0.166. The first-order chi connectivity index (χ1) is 11.6. The van der Waals surface area contributed by atoms with Crippen LogP contribution in [0.15, 0.2) is 42.5 Å². The summed E-state index contributed by atoms with van der Waals surface area (Å²) in [5, 5.41) is 1.59. The van der Waals surface area contributed by atoms with Crippen LogP contribution in [-0.2, 0) is 4.79 Å². The highest BCUT2D eigenvalue weighted by atomic mass is 35.5. The average molecular weight is 382 g/mol.